The molecule has 4 nitrogen and oxygen atoms in total. The van der Waals surface area contributed by atoms with E-state index in [-0.39, 0.29) is 5.54 Å². The molecule has 1 heterocycles. The van der Waals surface area contributed by atoms with Gasteiger partial charge >= 0.3 is 6.09 Å². The number of benzene rings is 1. The van der Waals surface area contributed by atoms with Crippen molar-refractivity contribution >= 4 is 6.09 Å². The Labute approximate surface area is 114 Å². The summed E-state index contributed by atoms with van der Waals surface area (Å²) in [4.78, 5) is 14.9. The number of nitrogens with zero attached hydrogens (tertiary/aromatic N) is 2. The van der Waals surface area contributed by atoms with E-state index in [0.29, 0.717) is 0 Å². The zero-order valence-electron chi connectivity index (χ0n) is 11.7. The first kappa shape index (κ1) is 13.9. The fourth-order valence-corrected chi connectivity index (χ4v) is 2.60. The third-order valence-corrected chi connectivity index (χ3v) is 4.28. The molecule has 0 unspecified atom stereocenters. The highest BCUT2D eigenvalue weighted by molar-refractivity contribution is 5.65. The van der Waals surface area contributed by atoms with Gasteiger partial charge in [-0.1, -0.05) is 30.3 Å². The predicted octanol–water partition coefficient (Wildman–Crippen LogP) is 2.65. The quantitative estimate of drug-likeness (QED) is 0.910. The van der Waals surface area contributed by atoms with Crippen LogP contribution < -0.4 is 0 Å². The van der Waals surface area contributed by atoms with E-state index in [9.17, 15) is 4.79 Å². The first-order valence-electron chi connectivity index (χ1n) is 6.74. The van der Waals surface area contributed by atoms with Crippen molar-refractivity contribution in [2.24, 2.45) is 0 Å². The molecule has 2 rings (SSSR count). The molecule has 4 heteroatoms. The topological polar surface area (TPSA) is 43.8 Å². The fourth-order valence-electron chi connectivity index (χ4n) is 2.60. The van der Waals surface area contributed by atoms with Crippen molar-refractivity contribution in [1.29, 1.82) is 0 Å². The Hall–Kier alpha value is -1.55. The highest BCUT2D eigenvalue weighted by Crippen LogP contribution is 2.28. The summed E-state index contributed by atoms with van der Waals surface area (Å²) in [6, 6.07) is 10.4. The molecule has 0 saturated carbocycles. The monoisotopic (exact) mass is 262 g/mol. The molecule has 1 saturated heterocycles. The molecule has 1 N–H and O–H groups in total. The Morgan fingerprint density at radius 2 is 1.89 bits per heavy atom. The Bertz CT molecular complexity index is 425. The summed E-state index contributed by atoms with van der Waals surface area (Å²) in [7, 11) is 1.68. The summed E-state index contributed by atoms with van der Waals surface area (Å²) in [5.74, 6) is 0. The van der Waals surface area contributed by atoms with Gasteiger partial charge in [-0.2, -0.15) is 0 Å². The van der Waals surface area contributed by atoms with Crippen molar-refractivity contribution in [3.63, 3.8) is 0 Å². The number of rotatable bonds is 3. The molecule has 0 spiro atoms. The molecular formula is C15H22N2O2. The first-order chi connectivity index (χ1) is 9.01. The minimum Gasteiger partial charge on any atom is -0.465 e. The summed E-state index contributed by atoms with van der Waals surface area (Å²) in [5, 5.41) is 9.11. The number of carbonyl (C=O) groups is 1. The van der Waals surface area contributed by atoms with Crippen LogP contribution in [0, 0.1) is 0 Å². The molecule has 104 valence electrons. The van der Waals surface area contributed by atoms with Gasteiger partial charge in [-0.25, -0.2) is 4.79 Å². The molecule has 1 aliphatic rings. The van der Waals surface area contributed by atoms with Gasteiger partial charge in [0.05, 0.1) is 0 Å². The summed E-state index contributed by atoms with van der Waals surface area (Å²) in [5.41, 5.74) is 1.09. The van der Waals surface area contributed by atoms with E-state index >= 15 is 0 Å². The van der Waals surface area contributed by atoms with Crippen molar-refractivity contribution in [1.82, 2.24) is 9.80 Å². The zero-order valence-corrected chi connectivity index (χ0v) is 11.7. The van der Waals surface area contributed by atoms with Crippen LogP contribution in [0.1, 0.15) is 25.3 Å². The van der Waals surface area contributed by atoms with Gasteiger partial charge in [-0.05, 0) is 25.3 Å². The highest BCUT2D eigenvalue weighted by Gasteiger charge is 2.36. The van der Waals surface area contributed by atoms with Crippen molar-refractivity contribution in [3.8, 4) is 0 Å². The molecule has 0 radical (unpaired) electrons. The van der Waals surface area contributed by atoms with Gasteiger partial charge in [0.15, 0.2) is 0 Å². The highest BCUT2D eigenvalue weighted by atomic mass is 16.4. The Balaban J connectivity index is 1.90. The summed E-state index contributed by atoms with van der Waals surface area (Å²) >= 11 is 0. The molecule has 1 aromatic carbocycles. The lowest BCUT2D eigenvalue weighted by molar-refractivity contribution is 0.0499. The number of piperidine rings is 1. The Morgan fingerprint density at radius 3 is 2.42 bits per heavy atom. The van der Waals surface area contributed by atoms with E-state index in [1.54, 1.807) is 7.05 Å². The van der Waals surface area contributed by atoms with Crippen LogP contribution in [0.15, 0.2) is 30.3 Å². The lowest BCUT2D eigenvalue weighted by atomic mass is 9.88. The van der Waals surface area contributed by atoms with Gasteiger partial charge in [0.2, 0.25) is 0 Å². The lowest BCUT2D eigenvalue weighted by Crippen LogP contribution is -2.53. The maximum Gasteiger partial charge on any atom is 0.407 e. The average molecular weight is 262 g/mol. The van der Waals surface area contributed by atoms with Gasteiger partial charge in [-0.3, -0.25) is 4.90 Å². The smallest absolute Gasteiger partial charge is 0.407 e. The number of amides is 1. The Morgan fingerprint density at radius 1 is 1.32 bits per heavy atom. The molecular weight excluding hydrogens is 240 g/mol. The molecule has 0 atom stereocenters. The summed E-state index contributed by atoms with van der Waals surface area (Å²) in [6.45, 7) is 4.89. The van der Waals surface area contributed by atoms with Crippen LogP contribution in [0.3, 0.4) is 0 Å². The second kappa shape index (κ2) is 5.61. The molecule has 0 aromatic heterocycles. The molecule has 1 amide bonds. The van der Waals surface area contributed by atoms with Crippen LogP contribution in [-0.4, -0.2) is 46.7 Å². The van der Waals surface area contributed by atoms with Gasteiger partial charge in [0.25, 0.3) is 0 Å². The second-order valence-corrected chi connectivity index (χ2v) is 5.60. The molecule has 1 fully saturated rings. The number of hydrogen-bond acceptors (Lipinski definition) is 2. The van der Waals surface area contributed by atoms with Crippen molar-refractivity contribution < 1.29 is 9.90 Å². The maximum atomic E-state index is 11.1. The van der Waals surface area contributed by atoms with E-state index in [4.69, 9.17) is 5.11 Å². The first-order valence-corrected chi connectivity index (χ1v) is 6.74. The number of carboxylic acid groups (broad SMARTS) is 1. The standard InChI is InChI=1S/C15H22N2O2/c1-15(16(2)14(18)19)8-10-17(11-9-15)12-13-6-4-3-5-7-13/h3-7H,8-12H2,1-2H3,(H,18,19). The van der Waals surface area contributed by atoms with Crippen LogP contribution in [0.5, 0.6) is 0 Å². The largest absolute Gasteiger partial charge is 0.465 e. The molecule has 19 heavy (non-hydrogen) atoms. The molecule has 0 bridgehead atoms. The minimum absolute atomic E-state index is 0.223. The normalized spacial score (nSPS) is 19.1. The summed E-state index contributed by atoms with van der Waals surface area (Å²) in [6.07, 6.45) is 0.949. The lowest BCUT2D eigenvalue weighted by Gasteiger charge is -2.44. The van der Waals surface area contributed by atoms with Gasteiger partial charge in [-0.15, -0.1) is 0 Å². The van der Waals surface area contributed by atoms with Gasteiger partial charge < -0.3 is 10.0 Å². The van der Waals surface area contributed by atoms with Crippen molar-refractivity contribution in [2.45, 2.75) is 31.8 Å². The van der Waals surface area contributed by atoms with Crippen molar-refractivity contribution in [2.75, 3.05) is 20.1 Å². The zero-order chi connectivity index (χ0) is 13.9. The average Bonchev–Trinajstić information content (AvgIpc) is 2.42. The second-order valence-electron chi connectivity index (χ2n) is 5.60. The van der Waals surface area contributed by atoms with Crippen LogP contribution >= 0.6 is 0 Å². The molecule has 1 aliphatic heterocycles. The third-order valence-electron chi connectivity index (χ3n) is 4.28. The number of hydrogen-bond donors (Lipinski definition) is 1. The van der Waals surface area contributed by atoms with E-state index < -0.39 is 6.09 Å². The van der Waals surface area contributed by atoms with E-state index in [0.717, 1.165) is 32.5 Å². The number of likely N-dealkylation sites (tertiary alicyclic amines) is 1. The maximum absolute atomic E-state index is 11.1. The Kier molecular flexibility index (Phi) is 4.10. The third kappa shape index (κ3) is 3.26. The van der Waals surface area contributed by atoms with Gasteiger partial charge in [0, 0.05) is 32.2 Å². The van der Waals surface area contributed by atoms with Gasteiger partial charge in [0.1, 0.15) is 0 Å². The minimum atomic E-state index is -0.834. The molecule has 1 aromatic rings. The van der Waals surface area contributed by atoms with Crippen LogP contribution in [0.2, 0.25) is 0 Å². The van der Waals surface area contributed by atoms with E-state index in [1.165, 1.54) is 10.5 Å². The molecule has 0 aliphatic carbocycles. The fraction of sp³-hybridized carbons (Fsp3) is 0.533. The van der Waals surface area contributed by atoms with Crippen LogP contribution in [0.25, 0.3) is 0 Å². The SMILES string of the molecule is CN(C(=O)O)C1(C)CCN(Cc2ccccc2)CC1. The van der Waals surface area contributed by atoms with E-state index in [1.807, 2.05) is 13.0 Å². The summed E-state index contributed by atoms with van der Waals surface area (Å²) < 4.78 is 0. The van der Waals surface area contributed by atoms with Crippen LogP contribution in [-0.2, 0) is 6.54 Å². The predicted molar refractivity (Wildman–Crippen MR) is 75.1 cm³/mol. The van der Waals surface area contributed by atoms with Crippen molar-refractivity contribution in [3.05, 3.63) is 35.9 Å². The van der Waals surface area contributed by atoms with E-state index in [2.05, 4.69) is 29.2 Å². The van der Waals surface area contributed by atoms with Crippen LogP contribution in [0.4, 0.5) is 4.79 Å².